The van der Waals surface area contributed by atoms with Gasteiger partial charge < -0.3 is 24.8 Å². The molecule has 0 aromatic heterocycles. The van der Waals surface area contributed by atoms with E-state index in [9.17, 15) is 14.4 Å². The molecule has 2 aromatic carbocycles. The summed E-state index contributed by atoms with van der Waals surface area (Å²) >= 11 is 1.70. The minimum Gasteiger partial charge on any atom is -0.450 e. The van der Waals surface area contributed by atoms with Crippen LogP contribution in [0.5, 0.6) is 23.0 Å². The molecule has 3 amide bonds. The molecule has 0 saturated carbocycles. The van der Waals surface area contributed by atoms with Crippen LogP contribution < -0.4 is 25.0 Å². The number of nitrogens with one attached hydrogen (secondary N) is 2. The molecule has 2 aliphatic rings. The first-order valence-corrected chi connectivity index (χ1v) is 10.8. The van der Waals surface area contributed by atoms with Crippen LogP contribution in [-0.2, 0) is 16.0 Å². The van der Waals surface area contributed by atoms with Crippen molar-refractivity contribution in [1.82, 2.24) is 10.6 Å². The minimum absolute atomic E-state index is 0.0943. The Morgan fingerprint density at radius 1 is 1.06 bits per heavy atom. The van der Waals surface area contributed by atoms with Crippen molar-refractivity contribution >= 4 is 44.2 Å². The minimum atomic E-state index is -0.476. The maximum Gasteiger partial charge on any atom is 0.414 e. The second-order valence-corrected chi connectivity index (χ2v) is 8.10. The summed E-state index contributed by atoms with van der Waals surface area (Å²) in [6.07, 6.45) is -0.218. The van der Waals surface area contributed by atoms with E-state index in [0.29, 0.717) is 48.2 Å². The Hall–Kier alpha value is -3.02. The first kappa shape index (κ1) is 21.2. The third-order valence-corrected chi connectivity index (χ3v) is 5.20. The molecule has 2 N–H and O–H groups in total. The van der Waals surface area contributed by atoms with E-state index >= 15 is 0 Å². The second-order valence-electron chi connectivity index (χ2n) is 7.12. The summed E-state index contributed by atoms with van der Waals surface area (Å²) in [5, 5.41) is 5.41. The summed E-state index contributed by atoms with van der Waals surface area (Å²) in [4.78, 5) is 35.8. The van der Waals surface area contributed by atoms with Crippen molar-refractivity contribution in [3.8, 4) is 23.0 Å². The van der Waals surface area contributed by atoms with Crippen LogP contribution in [0.15, 0.2) is 36.4 Å². The maximum absolute atomic E-state index is 12.3. The lowest BCUT2D eigenvalue weighted by Crippen LogP contribution is -2.33. The summed E-state index contributed by atoms with van der Waals surface area (Å²) in [7, 11) is 0. The number of nitrogens with zero attached hydrogens (tertiary/aromatic N) is 1. The second kappa shape index (κ2) is 9.00. The zero-order valence-electron chi connectivity index (χ0n) is 16.6. The number of benzene rings is 2. The first-order chi connectivity index (χ1) is 14.9. The molecule has 2 aromatic rings. The smallest absolute Gasteiger partial charge is 0.414 e. The highest BCUT2D eigenvalue weighted by molar-refractivity contribution is 14.1. The number of rotatable bonds is 6. The molecule has 0 aliphatic carbocycles. The third kappa shape index (κ3) is 5.01. The van der Waals surface area contributed by atoms with E-state index < -0.39 is 12.2 Å². The van der Waals surface area contributed by atoms with Gasteiger partial charge in [0.2, 0.25) is 5.91 Å². The fourth-order valence-electron chi connectivity index (χ4n) is 3.34. The zero-order valence-corrected chi connectivity index (χ0v) is 18.8. The molecule has 2 aliphatic heterocycles. The van der Waals surface area contributed by atoms with Gasteiger partial charge in [-0.25, -0.2) is 4.79 Å². The Labute approximate surface area is 192 Å². The summed E-state index contributed by atoms with van der Waals surface area (Å²) in [6.45, 7) is 2.54. The molecule has 1 atom stereocenters. The van der Waals surface area contributed by atoms with E-state index in [0.717, 1.165) is 5.56 Å². The highest BCUT2D eigenvalue weighted by Gasteiger charge is 2.33. The Morgan fingerprint density at radius 2 is 1.77 bits per heavy atom. The van der Waals surface area contributed by atoms with Crippen molar-refractivity contribution in [1.29, 1.82) is 0 Å². The number of halogens is 1. The van der Waals surface area contributed by atoms with Crippen molar-refractivity contribution < 1.29 is 28.6 Å². The lowest BCUT2D eigenvalue weighted by molar-refractivity contribution is -0.119. The van der Waals surface area contributed by atoms with E-state index in [4.69, 9.17) is 14.2 Å². The van der Waals surface area contributed by atoms with Gasteiger partial charge >= 0.3 is 6.09 Å². The number of fused-ring (bicyclic) bond motifs is 2. The van der Waals surface area contributed by atoms with Crippen molar-refractivity contribution in [2.45, 2.75) is 19.4 Å². The lowest BCUT2D eigenvalue weighted by Gasteiger charge is -2.23. The predicted octanol–water partition coefficient (Wildman–Crippen LogP) is 3.73. The van der Waals surface area contributed by atoms with Crippen LogP contribution in [0.4, 0.5) is 15.3 Å². The molecule has 4 rings (SSSR count). The van der Waals surface area contributed by atoms with Gasteiger partial charge in [-0.2, -0.15) is 0 Å². The first-order valence-electron chi connectivity index (χ1n) is 9.67. The van der Waals surface area contributed by atoms with Gasteiger partial charge in [0.05, 0.1) is 18.8 Å². The van der Waals surface area contributed by atoms with Crippen LogP contribution >= 0.6 is 22.6 Å². The molecular formula is C21H20IN3O6. The van der Waals surface area contributed by atoms with Gasteiger partial charge in [0.25, 0.3) is 3.91 Å². The number of anilines is 1. The molecule has 0 spiro atoms. The molecule has 162 valence electrons. The summed E-state index contributed by atoms with van der Waals surface area (Å²) in [5.41, 5.74) is 1.63. The number of hydrogen-bond donors (Lipinski definition) is 2. The van der Waals surface area contributed by atoms with E-state index in [2.05, 4.69) is 10.6 Å². The number of carbonyl (C=O) groups excluding carboxylic acids is 3. The standard InChI is InChI=1S/C21H20IN3O6/c1-12(26)24-10-15-11-25(21(28)29-15)14-3-5-17-19(9-14)31-16-4-2-13(8-18(16)30-17)6-7-23-20(22)27/h2-5,8-9,15H,6-7,10-11H2,1H3,(H,23,27)(H,24,26)/t15-/m0/s1. The van der Waals surface area contributed by atoms with Crippen LogP contribution in [0.3, 0.4) is 0 Å². The quantitative estimate of drug-likeness (QED) is 0.282. The van der Waals surface area contributed by atoms with E-state index in [1.807, 2.05) is 18.2 Å². The Morgan fingerprint density at radius 3 is 2.48 bits per heavy atom. The summed E-state index contributed by atoms with van der Waals surface area (Å²) < 4.78 is 17.2. The Bertz CT molecular complexity index is 1040. The SMILES string of the molecule is CC(=O)NC[C@H]1CN(c2ccc3c(c2)Oc2ccc(CCNC(=O)I)cc2O3)C(=O)O1. The van der Waals surface area contributed by atoms with Gasteiger partial charge in [-0.05, 0) is 36.2 Å². The Kier molecular flexibility index (Phi) is 6.16. The molecule has 10 heteroatoms. The van der Waals surface area contributed by atoms with Crippen molar-refractivity contribution in [3.05, 3.63) is 42.0 Å². The third-order valence-electron chi connectivity index (χ3n) is 4.82. The Balaban J connectivity index is 1.45. The van der Waals surface area contributed by atoms with Gasteiger partial charge in [-0.15, -0.1) is 0 Å². The average molecular weight is 537 g/mol. The number of ether oxygens (including phenoxy) is 3. The molecule has 9 nitrogen and oxygen atoms in total. The number of carbonyl (C=O) groups is 3. The summed E-state index contributed by atoms with van der Waals surface area (Å²) in [5.74, 6) is 2.02. The molecule has 0 radical (unpaired) electrons. The van der Waals surface area contributed by atoms with E-state index in [1.54, 1.807) is 40.8 Å². The normalized spacial score (nSPS) is 16.4. The number of cyclic esters (lactones) is 1. The molecule has 0 bridgehead atoms. The van der Waals surface area contributed by atoms with Crippen LogP contribution in [0.25, 0.3) is 0 Å². The van der Waals surface area contributed by atoms with Gasteiger partial charge in [0.1, 0.15) is 6.10 Å². The van der Waals surface area contributed by atoms with Gasteiger partial charge in [0, 0.05) is 42.1 Å². The maximum atomic E-state index is 12.3. The van der Waals surface area contributed by atoms with Gasteiger partial charge in [-0.3, -0.25) is 14.5 Å². The lowest BCUT2D eigenvalue weighted by atomic mass is 10.1. The highest BCUT2D eigenvalue weighted by atomic mass is 127. The average Bonchev–Trinajstić information content (AvgIpc) is 3.10. The van der Waals surface area contributed by atoms with E-state index in [1.165, 1.54) is 11.8 Å². The van der Waals surface area contributed by atoms with Gasteiger partial charge in [-0.1, -0.05) is 6.07 Å². The molecule has 1 saturated heterocycles. The fraction of sp³-hybridized carbons (Fsp3) is 0.286. The largest absolute Gasteiger partial charge is 0.450 e. The predicted molar refractivity (Wildman–Crippen MR) is 120 cm³/mol. The van der Waals surface area contributed by atoms with Crippen LogP contribution in [-0.4, -0.2) is 41.7 Å². The number of amides is 3. The summed E-state index contributed by atoms with van der Waals surface area (Å²) in [6, 6.07) is 10.8. The molecule has 31 heavy (non-hydrogen) atoms. The molecule has 0 unspecified atom stereocenters. The van der Waals surface area contributed by atoms with Crippen molar-refractivity contribution in [3.63, 3.8) is 0 Å². The number of hydrogen-bond acceptors (Lipinski definition) is 6. The topological polar surface area (TPSA) is 106 Å². The molecular weight excluding hydrogens is 517 g/mol. The molecule has 2 heterocycles. The van der Waals surface area contributed by atoms with Gasteiger partial charge in [0.15, 0.2) is 23.0 Å². The zero-order chi connectivity index (χ0) is 22.0. The van der Waals surface area contributed by atoms with Crippen LogP contribution in [0.1, 0.15) is 12.5 Å². The van der Waals surface area contributed by atoms with Crippen LogP contribution in [0, 0.1) is 0 Å². The van der Waals surface area contributed by atoms with E-state index in [-0.39, 0.29) is 16.4 Å². The fourth-order valence-corrected chi connectivity index (χ4v) is 3.61. The monoisotopic (exact) mass is 537 g/mol. The highest BCUT2D eigenvalue weighted by Crippen LogP contribution is 2.47. The van der Waals surface area contributed by atoms with Crippen LogP contribution in [0.2, 0.25) is 0 Å². The van der Waals surface area contributed by atoms with Crippen molar-refractivity contribution in [2.75, 3.05) is 24.5 Å². The van der Waals surface area contributed by atoms with Crippen molar-refractivity contribution in [2.24, 2.45) is 0 Å². The molecule has 1 fully saturated rings.